The zero-order valence-corrected chi connectivity index (χ0v) is 10.6. The highest BCUT2D eigenvalue weighted by atomic mass is 35.5. The number of nitrogens with one attached hydrogen (secondary N) is 2. The van der Waals surface area contributed by atoms with E-state index in [1.165, 1.54) is 12.3 Å². The van der Waals surface area contributed by atoms with Crippen molar-refractivity contribution in [3.63, 3.8) is 0 Å². The number of nitrogens with zero attached hydrogens (tertiary/aromatic N) is 1. The second-order valence-electron chi connectivity index (χ2n) is 4.47. The summed E-state index contributed by atoms with van der Waals surface area (Å²) in [6.07, 6.45) is 5.77. The van der Waals surface area contributed by atoms with Crippen LogP contribution in [0.4, 0.5) is 10.2 Å². The SMILES string of the molecule is CNC1CCC(Nc2ncc(Cl)cc2F)CC1. The molecule has 1 fully saturated rings. The fraction of sp³-hybridized carbons (Fsp3) is 0.583. The quantitative estimate of drug-likeness (QED) is 0.874. The Kier molecular flexibility index (Phi) is 4.18. The first-order valence-corrected chi connectivity index (χ1v) is 6.31. The molecule has 2 N–H and O–H groups in total. The zero-order chi connectivity index (χ0) is 12.3. The van der Waals surface area contributed by atoms with Crippen molar-refractivity contribution in [2.45, 2.75) is 37.8 Å². The van der Waals surface area contributed by atoms with Gasteiger partial charge in [-0.2, -0.15) is 0 Å². The van der Waals surface area contributed by atoms with Gasteiger partial charge in [-0.15, -0.1) is 0 Å². The average molecular weight is 258 g/mol. The molecule has 17 heavy (non-hydrogen) atoms. The van der Waals surface area contributed by atoms with Crippen molar-refractivity contribution < 1.29 is 4.39 Å². The summed E-state index contributed by atoms with van der Waals surface area (Å²) in [5.74, 6) is -0.0736. The molecule has 0 aliphatic heterocycles. The van der Waals surface area contributed by atoms with Gasteiger partial charge in [0.2, 0.25) is 0 Å². The van der Waals surface area contributed by atoms with Gasteiger partial charge in [0.25, 0.3) is 0 Å². The molecule has 0 spiro atoms. The number of anilines is 1. The van der Waals surface area contributed by atoms with E-state index < -0.39 is 0 Å². The molecule has 1 saturated carbocycles. The second-order valence-corrected chi connectivity index (χ2v) is 4.90. The van der Waals surface area contributed by atoms with Gasteiger partial charge in [0.15, 0.2) is 11.6 Å². The fourth-order valence-corrected chi connectivity index (χ4v) is 2.39. The molecule has 0 saturated heterocycles. The van der Waals surface area contributed by atoms with Crippen molar-refractivity contribution in [1.29, 1.82) is 0 Å². The summed E-state index contributed by atoms with van der Waals surface area (Å²) in [6.45, 7) is 0. The highest BCUT2D eigenvalue weighted by Gasteiger charge is 2.20. The minimum atomic E-state index is -0.381. The van der Waals surface area contributed by atoms with Crippen LogP contribution in [0.2, 0.25) is 5.02 Å². The van der Waals surface area contributed by atoms with Crippen LogP contribution in [-0.4, -0.2) is 24.1 Å². The van der Waals surface area contributed by atoms with Gasteiger partial charge in [-0.1, -0.05) is 11.6 Å². The lowest BCUT2D eigenvalue weighted by molar-refractivity contribution is 0.370. The normalized spacial score (nSPS) is 24.6. The molecule has 1 aromatic heterocycles. The molecule has 1 heterocycles. The molecular formula is C12H17ClFN3. The summed E-state index contributed by atoms with van der Waals surface area (Å²) in [5, 5.41) is 6.75. The van der Waals surface area contributed by atoms with E-state index in [4.69, 9.17) is 11.6 Å². The molecule has 94 valence electrons. The van der Waals surface area contributed by atoms with Crippen molar-refractivity contribution in [1.82, 2.24) is 10.3 Å². The van der Waals surface area contributed by atoms with Crippen LogP contribution in [0.5, 0.6) is 0 Å². The lowest BCUT2D eigenvalue weighted by Crippen LogP contribution is -2.35. The van der Waals surface area contributed by atoms with Crippen LogP contribution >= 0.6 is 11.6 Å². The number of hydrogen-bond donors (Lipinski definition) is 2. The summed E-state index contributed by atoms with van der Waals surface area (Å²) < 4.78 is 13.5. The Hall–Kier alpha value is -0.870. The first-order chi connectivity index (χ1) is 8.19. The summed E-state index contributed by atoms with van der Waals surface area (Å²) in [5.41, 5.74) is 0. The summed E-state index contributed by atoms with van der Waals surface area (Å²) in [7, 11) is 1.98. The van der Waals surface area contributed by atoms with Crippen molar-refractivity contribution in [2.24, 2.45) is 0 Å². The van der Waals surface area contributed by atoms with Crippen molar-refractivity contribution in [2.75, 3.05) is 12.4 Å². The summed E-state index contributed by atoms with van der Waals surface area (Å²) in [4.78, 5) is 3.98. The topological polar surface area (TPSA) is 37.0 Å². The van der Waals surface area contributed by atoms with E-state index in [-0.39, 0.29) is 5.82 Å². The van der Waals surface area contributed by atoms with Gasteiger partial charge in [-0.25, -0.2) is 9.37 Å². The Bertz CT molecular complexity index is 378. The number of rotatable bonds is 3. The maximum Gasteiger partial charge on any atom is 0.166 e. The molecule has 0 atom stereocenters. The van der Waals surface area contributed by atoms with E-state index in [2.05, 4.69) is 15.6 Å². The highest BCUT2D eigenvalue weighted by Crippen LogP contribution is 2.23. The molecule has 0 bridgehead atoms. The van der Waals surface area contributed by atoms with Crippen LogP contribution in [0.3, 0.4) is 0 Å². The monoisotopic (exact) mass is 257 g/mol. The smallest absolute Gasteiger partial charge is 0.166 e. The molecule has 1 aliphatic rings. The van der Waals surface area contributed by atoms with E-state index in [9.17, 15) is 4.39 Å². The Labute approximate surface area is 106 Å². The standard InChI is InChI=1S/C12H17ClFN3/c1-15-9-2-4-10(5-3-9)17-12-11(14)6-8(13)7-16-12/h6-7,9-10,15H,2-5H2,1H3,(H,16,17). The number of halogens is 2. The first-order valence-electron chi connectivity index (χ1n) is 5.94. The second kappa shape index (κ2) is 5.65. The van der Waals surface area contributed by atoms with Crippen LogP contribution in [0.25, 0.3) is 0 Å². The molecule has 0 amide bonds. The third-order valence-corrected chi connectivity index (χ3v) is 3.49. The Morgan fingerprint density at radius 3 is 2.53 bits per heavy atom. The predicted octanol–water partition coefficient (Wildman–Crippen LogP) is 2.82. The molecule has 0 radical (unpaired) electrons. The first kappa shape index (κ1) is 12.6. The van der Waals surface area contributed by atoms with E-state index >= 15 is 0 Å². The maximum atomic E-state index is 13.5. The van der Waals surface area contributed by atoms with Crippen LogP contribution in [-0.2, 0) is 0 Å². The van der Waals surface area contributed by atoms with Crippen LogP contribution in [0.1, 0.15) is 25.7 Å². The molecule has 2 rings (SSSR count). The van der Waals surface area contributed by atoms with Crippen molar-refractivity contribution in [3.05, 3.63) is 23.1 Å². The third kappa shape index (κ3) is 3.30. The largest absolute Gasteiger partial charge is 0.365 e. The number of hydrogen-bond acceptors (Lipinski definition) is 3. The van der Waals surface area contributed by atoms with Gasteiger partial charge in [-0.05, 0) is 38.8 Å². The maximum absolute atomic E-state index is 13.5. The molecule has 0 unspecified atom stereocenters. The molecule has 5 heteroatoms. The van der Waals surface area contributed by atoms with Gasteiger partial charge in [0.05, 0.1) is 5.02 Å². The van der Waals surface area contributed by atoms with E-state index in [1.54, 1.807) is 0 Å². The number of pyridine rings is 1. The van der Waals surface area contributed by atoms with Gasteiger partial charge in [0.1, 0.15) is 0 Å². The van der Waals surface area contributed by atoms with Crippen LogP contribution < -0.4 is 10.6 Å². The molecule has 0 aromatic carbocycles. The molecule has 3 nitrogen and oxygen atoms in total. The van der Waals surface area contributed by atoms with Crippen molar-refractivity contribution >= 4 is 17.4 Å². The Balaban J connectivity index is 1.93. The minimum absolute atomic E-state index is 0.308. The summed E-state index contributed by atoms with van der Waals surface area (Å²) >= 11 is 5.66. The third-order valence-electron chi connectivity index (χ3n) is 3.28. The van der Waals surface area contributed by atoms with E-state index in [0.717, 1.165) is 25.7 Å². The highest BCUT2D eigenvalue weighted by molar-refractivity contribution is 6.30. The summed E-state index contributed by atoms with van der Waals surface area (Å²) in [6, 6.07) is 2.19. The van der Waals surface area contributed by atoms with Gasteiger partial charge >= 0.3 is 0 Å². The fourth-order valence-electron chi connectivity index (χ4n) is 2.24. The average Bonchev–Trinajstić information content (AvgIpc) is 2.34. The van der Waals surface area contributed by atoms with Gasteiger partial charge in [0, 0.05) is 18.3 Å². The van der Waals surface area contributed by atoms with E-state index in [0.29, 0.717) is 22.9 Å². The molecule has 1 aliphatic carbocycles. The lowest BCUT2D eigenvalue weighted by atomic mass is 9.91. The van der Waals surface area contributed by atoms with Crippen LogP contribution in [0.15, 0.2) is 12.3 Å². The molecular weight excluding hydrogens is 241 g/mol. The van der Waals surface area contributed by atoms with Gasteiger partial charge in [-0.3, -0.25) is 0 Å². The van der Waals surface area contributed by atoms with Crippen LogP contribution in [0, 0.1) is 5.82 Å². The van der Waals surface area contributed by atoms with E-state index in [1.807, 2.05) is 7.05 Å². The van der Waals surface area contributed by atoms with Crippen molar-refractivity contribution in [3.8, 4) is 0 Å². The zero-order valence-electron chi connectivity index (χ0n) is 9.84. The number of aromatic nitrogens is 1. The molecule has 1 aromatic rings. The van der Waals surface area contributed by atoms with Gasteiger partial charge < -0.3 is 10.6 Å². The Morgan fingerprint density at radius 2 is 1.94 bits per heavy atom. The minimum Gasteiger partial charge on any atom is -0.365 e. The Morgan fingerprint density at radius 1 is 1.29 bits per heavy atom. The predicted molar refractivity (Wildman–Crippen MR) is 67.9 cm³/mol. The lowest BCUT2D eigenvalue weighted by Gasteiger charge is -2.29.